The fourth-order valence-electron chi connectivity index (χ4n) is 8.88. The van der Waals surface area contributed by atoms with Gasteiger partial charge >= 0.3 is 44.8 Å². The van der Waals surface area contributed by atoms with Gasteiger partial charge in [-0.2, -0.15) is 0 Å². The molecule has 9 aromatic carbocycles. The second kappa shape index (κ2) is 22.4. The van der Waals surface area contributed by atoms with E-state index in [9.17, 15) is 0 Å². The van der Waals surface area contributed by atoms with Crippen molar-refractivity contribution < 1.29 is 44.8 Å². The van der Waals surface area contributed by atoms with Crippen LogP contribution in [0, 0.1) is 24.7 Å². The van der Waals surface area contributed by atoms with Crippen LogP contribution in [0.1, 0.15) is 33.4 Å². The maximum absolute atomic E-state index is 7.30. The molecule has 0 N–H and O–H groups in total. The van der Waals surface area contributed by atoms with Gasteiger partial charge in [0.1, 0.15) is 47.7 Å². The molecule has 314 valence electrons. The van der Waals surface area contributed by atoms with Crippen LogP contribution >= 0.6 is 15.8 Å². The summed E-state index contributed by atoms with van der Waals surface area (Å²) in [6.45, 7) is 0. The molecule has 0 nitrogen and oxygen atoms in total. The number of fused-ring (bicyclic) bond motifs is 6. The topological polar surface area (TPSA) is 0 Å². The van der Waals surface area contributed by atoms with E-state index in [1.54, 1.807) is 0 Å². The number of hydrogen-bond acceptors (Lipinski definition) is 0. The Morgan fingerprint density at radius 3 is 0.906 bits per heavy atom. The number of rotatable bonds is 6. The average molecular weight is 1220 g/mol. The molecule has 0 spiro atoms. The molecule has 4 heteroatoms. The number of benzene rings is 9. The Kier molecular flexibility index (Phi) is 16.2. The van der Waals surface area contributed by atoms with Gasteiger partial charge in [-0.15, -0.1) is 23.3 Å². The van der Waals surface area contributed by atoms with Crippen LogP contribution in [0.2, 0.25) is 0 Å². The van der Waals surface area contributed by atoms with Crippen molar-refractivity contribution in [2.45, 2.75) is 12.8 Å². The molecule has 0 aliphatic heterocycles. The molecule has 11 rings (SSSR count). The Morgan fingerprint density at radius 2 is 0.578 bits per heavy atom. The summed E-state index contributed by atoms with van der Waals surface area (Å²) < 4.78 is 0. The van der Waals surface area contributed by atoms with E-state index < -0.39 is 15.8 Å². The molecule has 0 saturated heterocycles. The zero-order chi connectivity index (χ0) is 42.1. The first kappa shape index (κ1) is 46.4. The van der Waals surface area contributed by atoms with E-state index in [1.807, 2.05) is 24.3 Å². The van der Waals surface area contributed by atoms with Crippen molar-refractivity contribution in [1.82, 2.24) is 0 Å². The van der Waals surface area contributed by atoms with Gasteiger partial charge in [0.2, 0.25) is 0 Å². The number of hydrogen-bond donors (Lipinski definition) is 0. The first-order valence-electron chi connectivity index (χ1n) is 21.0. The van der Waals surface area contributed by atoms with Gasteiger partial charge in [0.05, 0.1) is 0 Å². The van der Waals surface area contributed by atoms with Gasteiger partial charge in [-0.05, 0) is 95.8 Å². The summed E-state index contributed by atoms with van der Waals surface area (Å²) in [6.07, 6.45) is 16.6. The molecule has 64 heavy (non-hydrogen) atoms. The first-order chi connectivity index (χ1) is 30.7. The van der Waals surface area contributed by atoms with Crippen LogP contribution in [0.15, 0.2) is 231 Å². The van der Waals surface area contributed by atoms with Crippen LogP contribution < -0.4 is 31.8 Å². The fraction of sp³-hybridized carbons (Fsp3) is 0.0333. The van der Waals surface area contributed by atoms with Crippen LogP contribution in [0.5, 0.6) is 0 Å². The van der Waals surface area contributed by atoms with E-state index in [0.717, 1.165) is 24.0 Å². The third kappa shape index (κ3) is 10.0. The van der Waals surface area contributed by atoms with Crippen molar-refractivity contribution in [3.63, 3.8) is 0 Å². The van der Waals surface area contributed by atoms with Gasteiger partial charge in [-0.25, -0.2) is 0 Å². The van der Waals surface area contributed by atoms with E-state index in [4.69, 9.17) is 12.8 Å². The maximum atomic E-state index is 7.30. The van der Waals surface area contributed by atoms with Gasteiger partial charge in [-0.1, -0.05) is 180 Å². The van der Waals surface area contributed by atoms with E-state index in [0.29, 0.717) is 0 Å². The van der Waals surface area contributed by atoms with E-state index in [2.05, 4.69) is 218 Å². The quantitative estimate of drug-likeness (QED) is 0.0674. The van der Waals surface area contributed by atoms with Crippen molar-refractivity contribution in [2.24, 2.45) is 0 Å². The molecule has 0 fully saturated rings. The predicted molar refractivity (Wildman–Crippen MR) is 268 cm³/mol. The van der Waals surface area contributed by atoms with Gasteiger partial charge < -0.3 is 12.8 Å². The second-order valence-corrected chi connectivity index (χ2v) is 20.2. The molecule has 9 aromatic rings. The van der Waals surface area contributed by atoms with E-state index in [1.165, 1.54) is 76.3 Å². The molecule has 0 radical (unpaired) electrons. The van der Waals surface area contributed by atoms with Crippen molar-refractivity contribution in [3.05, 3.63) is 277 Å². The molecular weight excluding hydrogens is 1180 g/mol. The third-order valence-electron chi connectivity index (χ3n) is 11.6. The molecule has 0 bridgehead atoms. The summed E-state index contributed by atoms with van der Waals surface area (Å²) in [4.78, 5) is 0. The Labute approximate surface area is 412 Å². The van der Waals surface area contributed by atoms with Gasteiger partial charge in [0.25, 0.3) is 0 Å². The summed E-state index contributed by atoms with van der Waals surface area (Å²) in [5.41, 5.74) is 12.1. The minimum absolute atomic E-state index is 0. The average Bonchev–Trinajstić information content (AvgIpc) is 3.93. The van der Waals surface area contributed by atoms with Crippen LogP contribution in [-0.4, -0.2) is 0 Å². The molecule has 0 amide bonds. The molecule has 2 aliphatic rings. The summed E-state index contributed by atoms with van der Waals surface area (Å²) in [5.74, 6) is 5.04. The predicted octanol–water partition coefficient (Wildman–Crippen LogP) is 11.1. The first-order valence-corrected chi connectivity index (χ1v) is 24.0. The molecule has 0 aromatic heterocycles. The monoisotopic (exact) mass is 1220 g/mol. The zero-order valence-corrected chi connectivity index (χ0v) is 41.3. The SMILES string of the molecule is [Au+].[Au+].[C-]#Cc1cccc2c1-c1ccccc1C2.[C-]#Cc1cccc2c1-c1ccccc1C2.c1ccc([PH+](c2ccccc2)c2ccccc2[PH+](c2ccccc2)c2ccccc2)cc1. The zero-order valence-electron chi connectivity index (χ0n) is 35.0. The van der Waals surface area contributed by atoms with Crippen molar-refractivity contribution in [2.75, 3.05) is 0 Å². The van der Waals surface area contributed by atoms with Crippen molar-refractivity contribution >= 4 is 47.7 Å². The Morgan fingerprint density at radius 1 is 0.297 bits per heavy atom. The van der Waals surface area contributed by atoms with Crippen LogP contribution in [-0.2, 0) is 57.6 Å². The van der Waals surface area contributed by atoms with Crippen LogP contribution in [0.4, 0.5) is 0 Å². The third-order valence-corrected chi connectivity index (χ3v) is 17.5. The molecule has 0 atom stereocenters. The maximum Gasteiger partial charge on any atom is 1.00 e. The van der Waals surface area contributed by atoms with E-state index in [-0.39, 0.29) is 44.8 Å². The van der Waals surface area contributed by atoms with Gasteiger partial charge in [0.15, 0.2) is 0 Å². The van der Waals surface area contributed by atoms with E-state index >= 15 is 0 Å². The molecule has 0 saturated carbocycles. The molecule has 0 unspecified atom stereocenters. The smallest absolute Gasteiger partial charge is 0.366 e. The summed E-state index contributed by atoms with van der Waals surface area (Å²) in [6, 6.07) is 82.4. The van der Waals surface area contributed by atoms with Gasteiger partial charge in [0, 0.05) is 0 Å². The Bertz CT molecular complexity index is 2760. The molecule has 2 aliphatic carbocycles. The van der Waals surface area contributed by atoms with Crippen molar-refractivity contribution in [1.29, 1.82) is 0 Å². The fourth-order valence-corrected chi connectivity index (χ4v) is 14.9. The second-order valence-electron chi connectivity index (χ2n) is 15.4. The summed E-state index contributed by atoms with van der Waals surface area (Å²) in [7, 11) is -2.28. The van der Waals surface area contributed by atoms with Crippen LogP contribution in [0.25, 0.3) is 22.3 Å². The summed E-state index contributed by atoms with van der Waals surface area (Å²) >= 11 is 0. The molecule has 0 heterocycles. The standard InChI is InChI=1S/C30H24P2.2C15H9.2Au/c1-5-15-25(16-6-1)31(26-17-7-2-8-18-26)29-23-13-14-24-30(29)32(27-19-9-3-10-20-27)28-21-11-4-12-22-28;2*1-2-11-7-5-8-13-10-12-6-3-4-9-14(12)15(11)13;;/h1-24H;2*3-9H,10H2;;/q;2*-1;2*+1/p+2. The Hall–Kier alpha value is -5.56. The van der Waals surface area contributed by atoms with Gasteiger partial charge in [-0.3, -0.25) is 11.8 Å². The molecular formula is C60H44Au2P2+2. The minimum atomic E-state index is -1.14. The normalized spacial score (nSPS) is 11.0. The Balaban J connectivity index is 0.000000159. The van der Waals surface area contributed by atoms with Crippen molar-refractivity contribution in [3.8, 4) is 34.1 Å². The minimum Gasteiger partial charge on any atom is -0.366 e. The summed E-state index contributed by atoms with van der Waals surface area (Å²) in [5, 5.41) is 8.71. The van der Waals surface area contributed by atoms with Crippen LogP contribution in [0.3, 0.4) is 0 Å². The largest absolute Gasteiger partial charge is 1.00 e.